The standard InChI is InChI=1S/C13H18O3/c1-5-15-8-16-13(14)12-6-9(2)11(4)10(3)7-12/h6-7H,5,8H2,1-4H3. The Morgan fingerprint density at radius 1 is 1.19 bits per heavy atom. The first-order valence-corrected chi connectivity index (χ1v) is 5.39. The number of aryl methyl sites for hydroxylation is 2. The molecule has 0 bridgehead atoms. The molecule has 88 valence electrons. The van der Waals surface area contributed by atoms with Gasteiger partial charge in [0.2, 0.25) is 0 Å². The van der Waals surface area contributed by atoms with Crippen molar-refractivity contribution in [1.29, 1.82) is 0 Å². The number of ether oxygens (including phenoxy) is 2. The fraction of sp³-hybridized carbons (Fsp3) is 0.462. The van der Waals surface area contributed by atoms with E-state index in [-0.39, 0.29) is 12.8 Å². The molecule has 0 aromatic heterocycles. The van der Waals surface area contributed by atoms with Crippen LogP contribution in [0.4, 0.5) is 0 Å². The van der Waals surface area contributed by atoms with Crippen molar-refractivity contribution in [2.75, 3.05) is 13.4 Å². The van der Waals surface area contributed by atoms with Crippen molar-refractivity contribution in [3.8, 4) is 0 Å². The molecule has 1 aromatic rings. The number of hydrogen-bond donors (Lipinski definition) is 0. The first-order chi connectivity index (χ1) is 7.56. The molecule has 3 nitrogen and oxygen atoms in total. The van der Waals surface area contributed by atoms with Gasteiger partial charge in [0.25, 0.3) is 0 Å². The molecule has 0 saturated heterocycles. The van der Waals surface area contributed by atoms with Gasteiger partial charge in [-0.15, -0.1) is 0 Å². The first-order valence-electron chi connectivity index (χ1n) is 5.39. The zero-order chi connectivity index (χ0) is 12.1. The molecule has 1 rings (SSSR count). The maximum atomic E-state index is 11.6. The third-order valence-corrected chi connectivity index (χ3v) is 2.64. The van der Waals surface area contributed by atoms with Gasteiger partial charge in [0.05, 0.1) is 5.56 Å². The van der Waals surface area contributed by atoms with Gasteiger partial charge in [-0.2, -0.15) is 0 Å². The molecule has 0 saturated carbocycles. The number of esters is 1. The fourth-order valence-corrected chi connectivity index (χ4v) is 1.42. The molecule has 1 aromatic carbocycles. The highest BCUT2D eigenvalue weighted by Crippen LogP contribution is 2.16. The molecular formula is C13H18O3. The van der Waals surface area contributed by atoms with Gasteiger partial charge in [0.1, 0.15) is 0 Å². The highest BCUT2D eigenvalue weighted by Gasteiger charge is 2.09. The van der Waals surface area contributed by atoms with E-state index in [0.717, 1.165) is 11.1 Å². The van der Waals surface area contributed by atoms with Gasteiger partial charge in [0, 0.05) is 6.61 Å². The van der Waals surface area contributed by atoms with E-state index in [1.54, 1.807) is 0 Å². The summed E-state index contributed by atoms with van der Waals surface area (Å²) >= 11 is 0. The summed E-state index contributed by atoms with van der Waals surface area (Å²) in [5, 5.41) is 0. The third kappa shape index (κ3) is 3.07. The molecule has 0 atom stereocenters. The maximum Gasteiger partial charge on any atom is 0.340 e. The number of benzene rings is 1. The van der Waals surface area contributed by atoms with Crippen molar-refractivity contribution in [2.45, 2.75) is 27.7 Å². The van der Waals surface area contributed by atoms with Crippen LogP contribution in [0.25, 0.3) is 0 Å². The van der Waals surface area contributed by atoms with Crippen LogP contribution < -0.4 is 0 Å². The summed E-state index contributed by atoms with van der Waals surface area (Å²) in [7, 11) is 0. The zero-order valence-electron chi connectivity index (χ0n) is 10.3. The van der Waals surface area contributed by atoms with E-state index in [4.69, 9.17) is 9.47 Å². The molecule has 3 heteroatoms. The van der Waals surface area contributed by atoms with Crippen molar-refractivity contribution < 1.29 is 14.3 Å². The van der Waals surface area contributed by atoms with Crippen LogP contribution in [0.3, 0.4) is 0 Å². The fourth-order valence-electron chi connectivity index (χ4n) is 1.42. The summed E-state index contributed by atoms with van der Waals surface area (Å²) in [5.74, 6) is -0.334. The first kappa shape index (κ1) is 12.7. The summed E-state index contributed by atoms with van der Waals surface area (Å²) in [4.78, 5) is 11.6. The third-order valence-electron chi connectivity index (χ3n) is 2.64. The van der Waals surface area contributed by atoms with E-state index < -0.39 is 0 Å². The summed E-state index contributed by atoms with van der Waals surface area (Å²) < 4.78 is 9.92. The minimum absolute atomic E-state index is 0.0152. The van der Waals surface area contributed by atoms with Crippen molar-refractivity contribution in [3.05, 3.63) is 34.4 Å². The summed E-state index contributed by atoms with van der Waals surface area (Å²) in [6, 6.07) is 3.69. The highest BCUT2D eigenvalue weighted by atomic mass is 16.7. The highest BCUT2D eigenvalue weighted by molar-refractivity contribution is 5.90. The van der Waals surface area contributed by atoms with Crippen LogP contribution in [-0.2, 0) is 9.47 Å². The quantitative estimate of drug-likeness (QED) is 0.446. The Hall–Kier alpha value is -1.35. The Kier molecular flexibility index (Phi) is 4.50. The van der Waals surface area contributed by atoms with Gasteiger partial charge in [-0.1, -0.05) is 0 Å². The molecule has 0 unspecified atom stereocenters. The molecule has 0 aliphatic heterocycles. The van der Waals surface area contributed by atoms with E-state index in [2.05, 4.69) is 0 Å². The Morgan fingerprint density at radius 2 is 1.75 bits per heavy atom. The van der Waals surface area contributed by atoms with Crippen LogP contribution >= 0.6 is 0 Å². The second kappa shape index (κ2) is 5.66. The van der Waals surface area contributed by atoms with E-state index >= 15 is 0 Å². The molecule has 0 N–H and O–H groups in total. The van der Waals surface area contributed by atoms with E-state index in [9.17, 15) is 4.79 Å². The van der Waals surface area contributed by atoms with E-state index in [0.29, 0.717) is 12.2 Å². The number of rotatable bonds is 4. The van der Waals surface area contributed by atoms with E-state index in [1.807, 2.05) is 39.8 Å². The molecule has 0 radical (unpaired) electrons. The number of carbonyl (C=O) groups excluding carboxylic acids is 1. The summed E-state index contributed by atoms with van der Waals surface area (Å²) in [6.07, 6.45) is 0. The average Bonchev–Trinajstić information content (AvgIpc) is 2.25. The Labute approximate surface area is 96.4 Å². The SMILES string of the molecule is CCOCOC(=O)c1cc(C)c(C)c(C)c1. The lowest BCUT2D eigenvalue weighted by Crippen LogP contribution is -2.09. The van der Waals surface area contributed by atoms with Gasteiger partial charge in [-0.25, -0.2) is 4.79 Å². The lowest BCUT2D eigenvalue weighted by Gasteiger charge is -2.09. The van der Waals surface area contributed by atoms with Crippen LogP contribution in [0, 0.1) is 20.8 Å². The second-order valence-electron chi connectivity index (χ2n) is 3.78. The normalized spacial score (nSPS) is 10.2. The van der Waals surface area contributed by atoms with Crippen LogP contribution in [0.1, 0.15) is 34.0 Å². The molecule has 0 fully saturated rings. The average molecular weight is 222 g/mol. The molecule has 0 aliphatic carbocycles. The van der Waals surface area contributed by atoms with Crippen LogP contribution in [0.2, 0.25) is 0 Å². The molecule has 0 spiro atoms. The lowest BCUT2D eigenvalue weighted by atomic mass is 10.0. The van der Waals surface area contributed by atoms with Crippen LogP contribution in [0.15, 0.2) is 12.1 Å². The second-order valence-corrected chi connectivity index (χ2v) is 3.78. The molecular weight excluding hydrogens is 204 g/mol. The largest absolute Gasteiger partial charge is 0.435 e. The topological polar surface area (TPSA) is 35.5 Å². The Balaban J connectivity index is 2.76. The Bertz CT molecular complexity index is 360. The van der Waals surface area contributed by atoms with Gasteiger partial charge < -0.3 is 9.47 Å². The van der Waals surface area contributed by atoms with Crippen LogP contribution in [-0.4, -0.2) is 19.4 Å². The van der Waals surface area contributed by atoms with Gasteiger partial charge in [-0.05, 0) is 56.5 Å². The number of carbonyl (C=O) groups is 1. The van der Waals surface area contributed by atoms with Gasteiger partial charge in [0.15, 0.2) is 6.79 Å². The smallest absolute Gasteiger partial charge is 0.340 e. The minimum Gasteiger partial charge on any atom is -0.435 e. The van der Waals surface area contributed by atoms with E-state index in [1.165, 1.54) is 5.56 Å². The van der Waals surface area contributed by atoms with Crippen molar-refractivity contribution >= 4 is 5.97 Å². The van der Waals surface area contributed by atoms with Crippen molar-refractivity contribution in [3.63, 3.8) is 0 Å². The predicted octanol–water partition coefficient (Wildman–Crippen LogP) is 2.76. The lowest BCUT2D eigenvalue weighted by molar-refractivity contribution is -0.0274. The zero-order valence-corrected chi connectivity index (χ0v) is 10.3. The monoisotopic (exact) mass is 222 g/mol. The number of hydrogen-bond acceptors (Lipinski definition) is 3. The van der Waals surface area contributed by atoms with Crippen LogP contribution in [0.5, 0.6) is 0 Å². The summed E-state index contributed by atoms with van der Waals surface area (Å²) in [5.41, 5.74) is 3.99. The molecule has 16 heavy (non-hydrogen) atoms. The molecule has 0 aliphatic rings. The van der Waals surface area contributed by atoms with Crippen molar-refractivity contribution in [2.24, 2.45) is 0 Å². The van der Waals surface area contributed by atoms with Gasteiger partial charge >= 0.3 is 5.97 Å². The maximum absolute atomic E-state index is 11.6. The minimum atomic E-state index is -0.334. The van der Waals surface area contributed by atoms with Gasteiger partial charge in [-0.3, -0.25) is 0 Å². The van der Waals surface area contributed by atoms with Crippen molar-refractivity contribution in [1.82, 2.24) is 0 Å². The molecule has 0 amide bonds. The summed E-state index contributed by atoms with van der Waals surface area (Å²) in [6.45, 7) is 8.43. The predicted molar refractivity (Wildman–Crippen MR) is 62.6 cm³/mol. The Morgan fingerprint density at radius 3 is 2.25 bits per heavy atom. The molecule has 0 heterocycles.